The van der Waals surface area contributed by atoms with Crippen molar-refractivity contribution in [3.05, 3.63) is 30.1 Å². The number of sulfone groups is 1. The van der Waals surface area contributed by atoms with Crippen LogP contribution in [0.2, 0.25) is 0 Å². The summed E-state index contributed by atoms with van der Waals surface area (Å²) in [5.41, 5.74) is 0. The summed E-state index contributed by atoms with van der Waals surface area (Å²) in [5, 5.41) is 0. The van der Waals surface area contributed by atoms with Gasteiger partial charge in [0.05, 0.1) is 0 Å². The van der Waals surface area contributed by atoms with Crippen molar-refractivity contribution in [1.82, 2.24) is 0 Å². The largest absolute Gasteiger partial charge is 0.298 e. The lowest BCUT2D eigenvalue weighted by atomic mass is 10.1. The Morgan fingerprint density at radius 1 is 1.25 bits per heavy atom. The van der Waals surface area contributed by atoms with E-state index < -0.39 is 31.1 Å². The molecule has 0 fully saturated rings. The van der Waals surface area contributed by atoms with Gasteiger partial charge in [-0.05, 0) is 32.9 Å². The van der Waals surface area contributed by atoms with Crippen molar-refractivity contribution in [2.24, 2.45) is 0 Å². The van der Waals surface area contributed by atoms with Gasteiger partial charge in [0, 0.05) is 0 Å². The Balaban J connectivity index is 3.45. The first kappa shape index (κ1) is 12.8. The second-order valence-electron chi connectivity index (χ2n) is 4.00. The number of ketones is 1. The van der Waals surface area contributed by atoms with Gasteiger partial charge in [-0.15, -0.1) is 0 Å². The van der Waals surface area contributed by atoms with Crippen molar-refractivity contribution in [1.29, 1.82) is 0 Å². The molecule has 0 unspecified atom stereocenters. The van der Waals surface area contributed by atoms with Crippen LogP contribution in [0.15, 0.2) is 29.2 Å². The second-order valence-corrected chi connectivity index (χ2v) is 6.47. The standard InChI is InChI=1S/C11H13FO3S/c1-8(13)11(2,3)16(14,15)10-7-5-4-6-9(10)12/h4-7H,1-3H3. The Morgan fingerprint density at radius 2 is 1.75 bits per heavy atom. The molecule has 0 aliphatic carbocycles. The van der Waals surface area contributed by atoms with Crippen molar-refractivity contribution in [3.8, 4) is 0 Å². The van der Waals surface area contributed by atoms with Gasteiger partial charge in [-0.2, -0.15) is 0 Å². The molecule has 0 heterocycles. The van der Waals surface area contributed by atoms with Crippen molar-refractivity contribution < 1.29 is 17.6 Å². The molecular weight excluding hydrogens is 231 g/mol. The van der Waals surface area contributed by atoms with Crippen LogP contribution < -0.4 is 0 Å². The van der Waals surface area contributed by atoms with Crippen LogP contribution in [0.1, 0.15) is 20.8 Å². The van der Waals surface area contributed by atoms with Crippen molar-refractivity contribution in [2.75, 3.05) is 0 Å². The zero-order valence-electron chi connectivity index (χ0n) is 9.32. The molecule has 0 atom stereocenters. The molecule has 1 aromatic carbocycles. The molecule has 0 amide bonds. The SMILES string of the molecule is CC(=O)C(C)(C)S(=O)(=O)c1ccccc1F. The zero-order valence-corrected chi connectivity index (χ0v) is 10.1. The number of Topliss-reactive ketones (excluding diaryl/α,β-unsaturated/α-hetero) is 1. The minimum absolute atomic E-state index is 0.435. The highest BCUT2D eigenvalue weighted by molar-refractivity contribution is 7.93. The van der Waals surface area contributed by atoms with Crippen LogP contribution in [0.5, 0.6) is 0 Å². The Labute approximate surface area is 94.2 Å². The highest BCUT2D eigenvalue weighted by Crippen LogP contribution is 2.27. The number of hydrogen-bond donors (Lipinski definition) is 0. The van der Waals surface area contributed by atoms with Crippen LogP contribution in [0.3, 0.4) is 0 Å². The van der Waals surface area contributed by atoms with Gasteiger partial charge in [0.2, 0.25) is 0 Å². The van der Waals surface area contributed by atoms with E-state index >= 15 is 0 Å². The molecule has 88 valence electrons. The predicted octanol–water partition coefficient (Wildman–Crippen LogP) is 1.97. The minimum Gasteiger partial charge on any atom is -0.298 e. The topological polar surface area (TPSA) is 51.2 Å². The fraction of sp³-hybridized carbons (Fsp3) is 0.364. The average Bonchev–Trinajstić information content (AvgIpc) is 2.17. The Kier molecular flexibility index (Phi) is 3.19. The van der Waals surface area contributed by atoms with Crippen molar-refractivity contribution in [3.63, 3.8) is 0 Å². The van der Waals surface area contributed by atoms with Crippen LogP contribution in [0.4, 0.5) is 4.39 Å². The van der Waals surface area contributed by atoms with E-state index in [4.69, 9.17) is 0 Å². The lowest BCUT2D eigenvalue weighted by molar-refractivity contribution is -0.118. The van der Waals surface area contributed by atoms with Gasteiger partial charge >= 0.3 is 0 Å². The number of hydrogen-bond acceptors (Lipinski definition) is 3. The molecule has 0 spiro atoms. The molecule has 5 heteroatoms. The van der Waals surface area contributed by atoms with Gasteiger partial charge in [-0.1, -0.05) is 12.1 Å². The van der Waals surface area contributed by atoms with Crippen molar-refractivity contribution in [2.45, 2.75) is 30.4 Å². The lowest BCUT2D eigenvalue weighted by Crippen LogP contribution is -2.39. The maximum Gasteiger partial charge on any atom is 0.193 e. The third-order valence-corrected chi connectivity index (χ3v) is 5.19. The van der Waals surface area contributed by atoms with Crippen molar-refractivity contribution >= 4 is 15.6 Å². The monoisotopic (exact) mass is 244 g/mol. The van der Waals surface area contributed by atoms with E-state index in [0.717, 1.165) is 12.1 Å². The molecular formula is C11H13FO3S. The van der Waals surface area contributed by atoms with E-state index in [-0.39, 0.29) is 0 Å². The zero-order chi connectivity index (χ0) is 12.6. The number of benzene rings is 1. The van der Waals surface area contributed by atoms with Crippen LogP contribution in [-0.4, -0.2) is 18.9 Å². The van der Waals surface area contributed by atoms with E-state index in [2.05, 4.69) is 0 Å². The summed E-state index contributed by atoms with van der Waals surface area (Å²) in [7, 11) is -3.99. The number of rotatable bonds is 3. The summed E-state index contributed by atoms with van der Waals surface area (Å²) in [6.07, 6.45) is 0. The van der Waals surface area contributed by atoms with Gasteiger partial charge < -0.3 is 0 Å². The first-order valence-corrected chi connectivity index (χ1v) is 6.20. The van der Waals surface area contributed by atoms with Crippen LogP contribution in [0, 0.1) is 5.82 Å². The number of carbonyl (C=O) groups is 1. The van der Waals surface area contributed by atoms with Gasteiger partial charge in [0.25, 0.3) is 0 Å². The van der Waals surface area contributed by atoms with Crippen LogP contribution in [-0.2, 0) is 14.6 Å². The Bertz CT molecular complexity index is 518. The molecule has 0 N–H and O–H groups in total. The molecule has 1 rings (SSSR count). The molecule has 0 aromatic heterocycles. The van der Waals surface area contributed by atoms with E-state index in [1.54, 1.807) is 0 Å². The molecule has 3 nitrogen and oxygen atoms in total. The molecule has 0 aliphatic rings. The number of halogens is 1. The molecule has 0 bridgehead atoms. The fourth-order valence-corrected chi connectivity index (χ4v) is 2.64. The van der Waals surface area contributed by atoms with E-state index in [1.165, 1.54) is 32.9 Å². The second kappa shape index (κ2) is 3.97. The summed E-state index contributed by atoms with van der Waals surface area (Å²) in [6.45, 7) is 3.73. The molecule has 16 heavy (non-hydrogen) atoms. The molecule has 1 aromatic rings. The summed E-state index contributed by atoms with van der Waals surface area (Å²) >= 11 is 0. The molecule has 0 aliphatic heterocycles. The van der Waals surface area contributed by atoms with E-state index in [9.17, 15) is 17.6 Å². The molecule has 0 saturated heterocycles. The van der Waals surface area contributed by atoms with E-state index in [0.29, 0.717) is 0 Å². The minimum atomic E-state index is -3.99. The van der Waals surface area contributed by atoms with Gasteiger partial charge in [0.1, 0.15) is 15.5 Å². The summed E-state index contributed by atoms with van der Waals surface area (Å²) in [4.78, 5) is 10.9. The molecule has 0 radical (unpaired) electrons. The number of carbonyl (C=O) groups excluding carboxylic acids is 1. The summed E-state index contributed by atoms with van der Waals surface area (Å²) < 4.78 is 35.9. The average molecular weight is 244 g/mol. The third-order valence-electron chi connectivity index (χ3n) is 2.65. The summed E-state index contributed by atoms with van der Waals surface area (Å²) in [6, 6.07) is 5.04. The first-order chi connectivity index (χ1) is 7.21. The Hall–Kier alpha value is -1.23. The molecule has 0 saturated carbocycles. The maximum atomic E-state index is 13.4. The van der Waals surface area contributed by atoms with E-state index in [1.807, 2.05) is 0 Å². The smallest absolute Gasteiger partial charge is 0.193 e. The normalized spacial score (nSPS) is 12.5. The quantitative estimate of drug-likeness (QED) is 0.816. The van der Waals surface area contributed by atoms with Crippen LogP contribution in [0.25, 0.3) is 0 Å². The fourth-order valence-electron chi connectivity index (χ4n) is 1.13. The van der Waals surface area contributed by atoms with Gasteiger partial charge in [0.15, 0.2) is 15.6 Å². The van der Waals surface area contributed by atoms with Gasteiger partial charge in [-0.25, -0.2) is 12.8 Å². The first-order valence-electron chi connectivity index (χ1n) is 4.71. The predicted molar refractivity (Wildman–Crippen MR) is 58.3 cm³/mol. The third kappa shape index (κ3) is 1.87. The maximum absolute atomic E-state index is 13.4. The Morgan fingerprint density at radius 3 is 2.19 bits per heavy atom. The van der Waals surface area contributed by atoms with Gasteiger partial charge in [-0.3, -0.25) is 4.79 Å². The van der Waals surface area contributed by atoms with Crippen LogP contribution >= 0.6 is 0 Å². The lowest BCUT2D eigenvalue weighted by Gasteiger charge is -2.21. The summed E-state index contributed by atoms with van der Waals surface area (Å²) in [5.74, 6) is -1.35. The highest BCUT2D eigenvalue weighted by atomic mass is 32.2. The highest BCUT2D eigenvalue weighted by Gasteiger charge is 2.41.